The van der Waals surface area contributed by atoms with Crippen LogP contribution in [0.3, 0.4) is 0 Å². The lowest BCUT2D eigenvalue weighted by molar-refractivity contribution is -0.0829. The lowest BCUT2D eigenvalue weighted by atomic mass is 10.0. The maximum Gasteiger partial charge on any atom is 0.0739 e. The van der Waals surface area contributed by atoms with E-state index in [1.165, 1.54) is 0 Å². The summed E-state index contributed by atoms with van der Waals surface area (Å²) in [6.07, 6.45) is 0.383. The predicted octanol–water partition coefficient (Wildman–Crippen LogP) is 0.120. The molecule has 5 heteroatoms. The molecule has 1 aliphatic rings. The molecule has 1 fully saturated rings. The van der Waals surface area contributed by atoms with E-state index in [0.29, 0.717) is 32.8 Å². The van der Waals surface area contributed by atoms with E-state index in [4.69, 9.17) is 14.2 Å². The van der Waals surface area contributed by atoms with Crippen LogP contribution < -0.4 is 0 Å². The van der Waals surface area contributed by atoms with Crippen LogP contribution in [0.1, 0.15) is 13.3 Å². The Morgan fingerprint density at radius 2 is 2.18 bits per heavy atom. The molecule has 102 valence electrons. The number of methoxy groups -OCH3 is 2. The van der Waals surface area contributed by atoms with Gasteiger partial charge in [0.15, 0.2) is 0 Å². The molecule has 0 aliphatic carbocycles. The Morgan fingerprint density at radius 1 is 1.41 bits per heavy atom. The predicted molar refractivity (Wildman–Crippen MR) is 65.2 cm³/mol. The molecule has 1 aliphatic heterocycles. The molecule has 3 atom stereocenters. The first-order valence-electron chi connectivity index (χ1n) is 6.20. The molecule has 0 aromatic carbocycles. The standard InChI is InChI=1S/C12H25NO4/c1-10(8-16-3)13(5-7-15-2)11-9-17-6-4-12(11)14/h10-12,14H,4-9H2,1-3H3. The van der Waals surface area contributed by atoms with Crippen molar-refractivity contribution in [1.82, 2.24) is 4.90 Å². The number of aliphatic hydroxyl groups excluding tert-OH is 1. The van der Waals surface area contributed by atoms with Gasteiger partial charge in [0, 0.05) is 33.4 Å². The fourth-order valence-corrected chi connectivity index (χ4v) is 2.28. The van der Waals surface area contributed by atoms with Gasteiger partial charge < -0.3 is 19.3 Å². The first kappa shape index (κ1) is 14.9. The third kappa shape index (κ3) is 4.52. The average molecular weight is 247 g/mol. The summed E-state index contributed by atoms with van der Waals surface area (Å²) in [6, 6.07) is 0.292. The maximum atomic E-state index is 10.1. The van der Waals surface area contributed by atoms with Gasteiger partial charge >= 0.3 is 0 Å². The molecule has 0 spiro atoms. The number of hydrogen-bond acceptors (Lipinski definition) is 5. The van der Waals surface area contributed by atoms with Gasteiger partial charge in [-0.25, -0.2) is 0 Å². The second-order valence-corrected chi connectivity index (χ2v) is 4.53. The van der Waals surface area contributed by atoms with Crippen molar-refractivity contribution in [2.75, 3.05) is 47.2 Å². The molecular formula is C12H25NO4. The van der Waals surface area contributed by atoms with E-state index in [2.05, 4.69) is 11.8 Å². The van der Waals surface area contributed by atoms with Crippen molar-refractivity contribution in [2.24, 2.45) is 0 Å². The summed E-state index contributed by atoms with van der Waals surface area (Å²) in [6.45, 7) is 5.41. The Morgan fingerprint density at radius 3 is 2.76 bits per heavy atom. The van der Waals surface area contributed by atoms with E-state index in [-0.39, 0.29) is 18.2 Å². The third-order valence-electron chi connectivity index (χ3n) is 3.24. The molecule has 17 heavy (non-hydrogen) atoms. The Hall–Kier alpha value is -0.200. The fraction of sp³-hybridized carbons (Fsp3) is 1.00. The number of rotatable bonds is 7. The van der Waals surface area contributed by atoms with Crippen LogP contribution in [0.15, 0.2) is 0 Å². The van der Waals surface area contributed by atoms with Gasteiger partial charge in [-0.15, -0.1) is 0 Å². The van der Waals surface area contributed by atoms with Gasteiger partial charge in [0.05, 0.1) is 32.0 Å². The fourth-order valence-electron chi connectivity index (χ4n) is 2.28. The lowest BCUT2D eigenvalue weighted by Crippen LogP contribution is -2.55. The Bertz CT molecular complexity index is 203. The summed E-state index contributed by atoms with van der Waals surface area (Å²) in [5.74, 6) is 0. The summed E-state index contributed by atoms with van der Waals surface area (Å²) in [5.41, 5.74) is 0. The van der Waals surface area contributed by atoms with Gasteiger partial charge in [0.25, 0.3) is 0 Å². The van der Waals surface area contributed by atoms with Gasteiger partial charge in [-0.3, -0.25) is 4.90 Å². The van der Waals surface area contributed by atoms with Crippen molar-refractivity contribution < 1.29 is 19.3 Å². The normalized spacial score (nSPS) is 27.4. The van der Waals surface area contributed by atoms with Crippen LogP contribution >= 0.6 is 0 Å². The van der Waals surface area contributed by atoms with Crippen LogP contribution in [-0.4, -0.2) is 75.4 Å². The van der Waals surface area contributed by atoms with E-state index in [0.717, 1.165) is 6.54 Å². The SMILES string of the molecule is COCCN(C(C)COC)C1COCCC1O. The zero-order valence-electron chi connectivity index (χ0n) is 11.1. The van der Waals surface area contributed by atoms with E-state index in [9.17, 15) is 5.11 Å². The number of nitrogens with zero attached hydrogens (tertiary/aromatic N) is 1. The monoisotopic (exact) mass is 247 g/mol. The van der Waals surface area contributed by atoms with Crippen molar-refractivity contribution in [1.29, 1.82) is 0 Å². The topological polar surface area (TPSA) is 51.2 Å². The van der Waals surface area contributed by atoms with Crippen molar-refractivity contribution in [3.63, 3.8) is 0 Å². The number of aliphatic hydroxyl groups is 1. The third-order valence-corrected chi connectivity index (χ3v) is 3.24. The Kier molecular flexibility index (Phi) is 6.99. The second-order valence-electron chi connectivity index (χ2n) is 4.53. The number of hydrogen-bond donors (Lipinski definition) is 1. The van der Waals surface area contributed by atoms with Crippen LogP contribution in [0.5, 0.6) is 0 Å². The molecular weight excluding hydrogens is 222 g/mol. The summed E-state index contributed by atoms with van der Waals surface area (Å²) >= 11 is 0. The zero-order valence-corrected chi connectivity index (χ0v) is 11.1. The van der Waals surface area contributed by atoms with Gasteiger partial charge in [-0.05, 0) is 13.3 Å². The first-order chi connectivity index (χ1) is 8.20. The van der Waals surface area contributed by atoms with Crippen molar-refractivity contribution >= 4 is 0 Å². The largest absolute Gasteiger partial charge is 0.391 e. The van der Waals surface area contributed by atoms with Gasteiger partial charge in [0.1, 0.15) is 0 Å². The highest BCUT2D eigenvalue weighted by Crippen LogP contribution is 2.17. The van der Waals surface area contributed by atoms with E-state index >= 15 is 0 Å². The van der Waals surface area contributed by atoms with Crippen molar-refractivity contribution in [3.05, 3.63) is 0 Å². The highest BCUT2D eigenvalue weighted by molar-refractivity contribution is 4.85. The van der Waals surface area contributed by atoms with Crippen LogP contribution in [0.4, 0.5) is 0 Å². The molecule has 0 radical (unpaired) electrons. The lowest BCUT2D eigenvalue weighted by Gasteiger charge is -2.40. The molecule has 0 aromatic heterocycles. The Balaban J connectivity index is 2.58. The maximum absolute atomic E-state index is 10.1. The van der Waals surface area contributed by atoms with Crippen LogP contribution in [-0.2, 0) is 14.2 Å². The van der Waals surface area contributed by atoms with Crippen molar-refractivity contribution in [3.8, 4) is 0 Å². The smallest absolute Gasteiger partial charge is 0.0739 e. The minimum Gasteiger partial charge on any atom is -0.391 e. The Labute approximate surface area is 104 Å². The highest BCUT2D eigenvalue weighted by atomic mass is 16.5. The van der Waals surface area contributed by atoms with Gasteiger partial charge in [0.2, 0.25) is 0 Å². The molecule has 0 aromatic rings. The van der Waals surface area contributed by atoms with Gasteiger partial charge in [-0.1, -0.05) is 0 Å². The van der Waals surface area contributed by atoms with E-state index in [1.807, 2.05) is 0 Å². The van der Waals surface area contributed by atoms with E-state index < -0.39 is 0 Å². The zero-order chi connectivity index (χ0) is 12.7. The minimum atomic E-state index is -0.320. The molecule has 0 saturated carbocycles. The average Bonchev–Trinajstić information content (AvgIpc) is 2.32. The van der Waals surface area contributed by atoms with E-state index in [1.54, 1.807) is 14.2 Å². The van der Waals surface area contributed by atoms with Crippen LogP contribution in [0.2, 0.25) is 0 Å². The minimum absolute atomic E-state index is 0.0454. The quantitative estimate of drug-likeness (QED) is 0.692. The molecule has 1 heterocycles. The van der Waals surface area contributed by atoms with Crippen LogP contribution in [0.25, 0.3) is 0 Å². The van der Waals surface area contributed by atoms with Crippen molar-refractivity contribution in [2.45, 2.75) is 31.5 Å². The molecule has 1 saturated heterocycles. The number of ether oxygens (including phenoxy) is 3. The molecule has 0 bridgehead atoms. The summed E-state index contributed by atoms with van der Waals surface area (Å²) in [4.78, 5) is 2.22. The molecule has 0 amide bonds. The van der Waals surface area contributed by atoms with Crippen LogP contribution in [0, 0.1) is 0 Å². The molecule has 3 unspecified atom stereocenters. The first-order valence-corrected chi connectivity index (χ1v) is 6.20. The molecule has 1 rings (SSSR count). The summed E-state index contributed by atoms with van der Waals surface area (Å²) < 4.78 is 15.8. The highest BCUT2D eigenvalue weighted by Gasteiger charge is 2.31. The molecule has 1 N–H and O–H groups in total. The summed E-state index contributed by atoms with van der Waals surface area (Å²) in [7, 11) is 3.38. The van der Waals surface area contributed by atoms with Gasteiger partial charge in [-0.2, -0.15) is 0 Å². The summed E-state index contributed by atoms with van der Waals surface area (Å²) in [5, 5.41) is 10.1. The molecule has 5 nitrogen and oxygen atoms in total. The second kappa shape index (κ2) is 8.00.